The lowest BCUT2D eigenvalue weighted by Crippen LogP contribution is -2.18. The predicted molar refractivity (Wildman–Crippen MR) is 131 cm³/mol. The average Bonchev–Trinajstić information content (AvgIpc) is 3.62. The number of carbonyl (C=O) groups is 2. The first-order valence-corrected chi connectivity index (χ1v) is 11.2. The molecule has 0 radical (unpaired) electrons. The van der Waals surface area contributed by atoms with Gasteiger partial charge in [0.15, 0.2) is 0 Å². The number of aromatic amines is 1. The van der Waals surface area contributed by atoms with E-state index in [4.69, 9.17) is 0 Å². The first-order chi connectivity index (χ1) is 16.6. The van der Waals surface area contributed by atoms with Crippen LogP contribution in [0.3, 0.4) is 0 Å². The van der Waals surface area contributed by atoms with Crippen LogP contribution >= 0.6 is 0 Å². The van der Waals surface area contributed by atoms with Gasteiger partial charge in [0.25, 0.3) is 5.91 Å². The fourth-order valence-corrected chi connectivity index (χ4v) is 4.80. The summed E-state index contributed by atoms with van der Waals surface area (Å²) in [6.07, 6.45) is 2.44. The molecule has 2 heterocycles. The molecule has 2 atom stereocenters. The van der Waals surface area contributed by atoms with Crippen molar-refractivity contribution < 1.29 is 14.7 Å². The number of amides is 2. The number of hydrazone groups is 1. The third-order valence-electron chi connectivity index (χ3n) is 6.56. The van der Waals surface area contributed by atoms with Crippen molar-refractivity contribution in [3.8, 4) is 11.3 Å². The Morgan fingerprint density at radius 1 is 1.09 bits per heavy atom. The molecular weight excluding hydrogens is 428 g/mol. The van der Waals surface area contributed by atoms with Crippen LogP contribution in [0, 0.1) is 5.92 Å². The SMILES string of the molecule is O=C1NN=Cc2c(-c3cccc(CO)c3)[nH]c3cc(NC(=O)[C@@H]4C[C@H]4c4ccccc4)cc1c23. The number of H-pyrrole nitrogens is 1. The van der Waals surface area contributed by atoms with Crippen molar-refractivity contribution >= 4 is 34.6 Å². The second kappa shape index (κ2) is 7.97. The molecule has 7 nitrogen and oxygen atoms in total. The first-order valence-electron chi connectivity index (χ1n) is 11.2. The molecule has 1 aromatic heterocycles. The lowest BCUT2D eigenvalue weighted by atomic mass is 10.0. The summed E-state index contributed by atoms with van der Waals surface area (Å²) in [4.78, 5) is 29.1. The number of carbonyl (C=O) groups excluding carboxylic acids is 2. The smallest absolute Gasteiger partial charge is 0.272 e. The summed E-state index contributed by atoms with van der Waals surface area (Å²) in [5.74, 6) is -0.233. The van der Waals surface area contributed by atoms with E-state index in [0.29, 0.717) is 11.3 Å². The largest absolute Gasteiger partial charge is 0.392 e. The number of rotatable bonds is 5. The van der Waals surface area contributed by atoms with E-state index in [-0.39, 0.29) is 30.3 Å². The van der Waals surface area contributed by atoms with Crippen molar-refractivity contribution in [2.75, 3.05) is 5.32 Å². The van der Waals surface area contributed by atoms with Crippen molar-refractivity contribution in [3.05, 3.63) is 89.0 Å². The van der Waals surface area contributed by atoms with Gasteiger partial charge in [0.2, 0.25) is 5.91 Å². The topological polar surface area (TPSA) is 107 Å². The normalized spacial score (nSPS) is 18.4. The Kier molecular flexibility index (Phi) is 4.78. The number of nitrogens with zero attached hydrogens (tertiary/aromatic N) is 1. The summed E-state index contributed by atoms with van der Waals surface area (Å²) < 4.78 is 0. The highest BCUT2D eigenvalue weighted by atomic mass is 16.3. The fourth-order valence-electron chi connectivity index (χ4n) is 4.80. The van der Waals surface area contributed by atoms with Crippen LogP contribution in [0.15, 0.2) is 71.8 Å². The van der Waals surface area contributed by atoms with Gasteiger partial charge in [0, 0.05) is 28.1 Å². The van der Waals surface area contributed by atoms with Crippen LogP contribution in [-0.4, -0.2) is 28.1 Å². The third kappa shape index (κ3) is 3.47. The zero-order valence-corrected chi connectivity index (χ0v) is 18.2. The summed E-state index contributed by atoms with van der Waals surface area (Å²) in [5.41, 5.74) is 8.68. The van der Waals surface area contributed by atoms with E-state index in [2.05, 4.69) is 33.0 Å². The van der Waals surface area contributed by atoms with Gasteiger partial charge in [-0.1, -0.05) is 48.5 Å². The Bertz CT molecular complexity index is 1470. The van der Waals surface area contributed by atoms with Gasteiger partial charge in [-0.2, -0.15) is 5.10 Å². The molecule has 1 aliphatic carbocycles. The van der Waals surface area contributed by atoms with E-state index >= 15 is 0 Å². The molecule has 168 valence electrons. The minimum Gasteiger partial charge on any atom is -0.392 e. The van der Waals surface area contributed by atoms with Crippen LogP contribution in [-0.2, 0) is 11.4 Å². The average molecular weight is 450 g/mol. The predicted octanol–water partition coefficient (Wildman–Crippen LogP) is 4.15. The van der Waals surface area contributed by atoms with Crippen LogP contribution in [0.25, 0.3) is 22.2 Å². The standard InChI is InChI=1S/C27H22N4O3/c32-14-15-5-4-8-17(9-15)25-22-13-28-31-27(34)21-10-18(11-23(30-25)24(21)22)29-26(33)20-12-19(20)16-6-2-1-3-7-16/h1-11,13,19-20,30,32H,12,14H2,(H,29,33)(H,31,34)/t19-,20+/m0/s1. The molecule has 4 N–H and O–H groups in total. The van der Waals surface area contributed by atoms with Gasteiger partial charge in [0.1, 0.15) is 0 Å². The van der Waals surface area contributed by atoms with Crippen LogP contribution in [0.4, 0.5) is 5.69 Å². The molecule has 7 heteroatoms. The van der Waals surface area contributed by atoms with Gasteiger partial charge in [-0.25, -0.2) is 5.43 Å². The van der Waals surface area contributed by atoms with Gasteiger partial charge in [-0.05, 0) is 47.2 Å². The minimum atomic E-state index is -0.334. The van der Waals surface area contributed by atoms with Crippen molar-refractivity contribution in [2.24, 2.45) is 11.0 Å². The highest BCUT2D eigenvalue weighted by Crippen LogP contribution is 2.48. The van der Waals surface area contributed by atoms with Gasteiger partial charge < -0.3 is 15.4 Å². The van der Waals surface area contributed by atoms with Crippen LogP contribution in [0.1, 0.15) is 39.4 Å². The van der Waals surface area contributed by atoms with E-state index in [1.54, 1.807) is 12.3 Å². The number of anilines is 1. The summed E-state index contributed by atoms with van der Waals surface area (Å²) in [6.45, 7) is -0.0654. The molecule has 2 amide bonds. The van der Waals surface area contributed by atoms with E-state index in [0.717, 1.165) is 39.7 Å². The van der Waals surface area contributed by atoms with Crippen molar-refractivity contribution in [3.63, 3.8) is 0 Å². The Labute approximate surface area is 195 Å². The molecule has 0 saturated heterocycles. The molecule has 0 unspecified atom stereocenters. The second-order valence-corrected chi connectivity index (χ2v) is 8.77. The molecule has 1 saturated carbocycles. The number of hydrogen-bond donors (Lipinski definition) is 4. The van der Waals surface area contributed by atoms with E-state index in [1.165, 1.54) is 5.56 Å². The maximum absolute atomic E-state index is 13.0. The summed E-state index contributed by atoms with van der Waals surface area (Å²) in [6, 6.07) is 21.2. The molecule has 1 aliphatic heterocycles. The molecule has 3 aromatic carbocycles. The van der Waals surface area contributed by atoms with E-state index < -0.39 is 0 Å². The fraction of sp³-hybridized carbons (Fsp3) is 0.148. The molecule has 6 rings (SSSR count). The summed E-state index contributed by atoms with van der Waals surface area (Å²) >= 11 is 0. The zero-order valence-electron chi connectivity index (χ0n) is 18.2. The third-order valence-corrected chi connectivity index (χ3v) is 6.56. The van der Waals surface area contributed by atoms with Crippen LogP contribution < -0.4 is 10.7 Å². The Morgan fingerprint density at radius 3 is 2.76 bits per heavy atom. The number of aliphatic hydroxyl groups is 1. The second-order valence-electron chi connectivity index (χ2n) is 8.77. The lowest BCUT2D eigenvalue weighted by Gasteiger charge is -2.08. The van der Waals surface area contributed by atoms with Gasteiger partial charge in [-0.3, -0.25) is 9.59 Å². The van der Waals surface area contributed by atoms with Crippen LogP contribution in [0.5, 0.6) is 0 Å². The van der Waals surface area contributed by atoms with Gasteiger partial charge >= 0.3 is 0 Å². The van der Waals surface area contributed by atoms with Crippen molar-refractivity contribution in [1.82, 2.24) is 10.4 Å². The lowest BCUT2D eigenvalue weighted by molar-refractivity contribution is -0.117. The molecule has 0 bridgehead atoms. The van der Waals surface area contributed by atoms with E-state index in [1.807, 2.05) is 48.5 Å². The van der Waals surface area contributed by atoms with E-state index in [9.17, 15) is 14.7 Å². The van der Waals surface area contributed by atoms with Crippen molar-refractivity contribution in [2.45, 2.75) is 18.9 Å². The minimum absolute atomic E-state index is 0.0478. The number of nitrogens with one attached hydrogen (secondary N) is 3. The van der Waals surface area contributed by atoms with Crippen LogP contribution in [0.2, 0.25) is 0 Å². The number of benzene rings is 3. The summed E-state index contributed by atoms with van der Waals surface area (Å²) in [7, 11) is 0. The van der Waals surface area contributed by atoms with Gasteiger partial charge in [-0.15, -0.1) is 0 Å². The molecule has 4 aromatic rings. The molecule has 1 fully saturated rings. The first kappa shape index (κ1) is 20.4. The summed E-state index contributed by atoms with van der Waals surface area (Å²) in [5, 5.41) is 17.4. The highest BCUT2D eigenvalue weighted by Gasteiger charge is 2.43. The number of aromatic nitrogens is 1. The maximum Gasteiger partial charge on any atom is 0.272 e. The molecule has 0 spiro atoms. The Morgan fingerprint density at radius 2 is 1.94 bits per heavy atom. The Balaban J connectivity index is 1.37. The zero-order chi connectivity index (χ0) is 23.2. The number of hydrogen-bond acceptors (Lipinski definition) is 4. The molecule has 34 heavy (non-hydrogen) atoms. The molecule has 2 aliphatic rings. The molecular formula is C27H22N4O3. The number of aliphatic hydroxyl groups excluding tert-OH is 1. The Hall–Kier alpha value is -4.23. The maximum atomic E-state index is 13.0. The van der Waals surface area contributed by atoms with Crippen molar-refractivity contribution in [1.29, 1.82) is 0 Å². The monoisotopic (exact) mass is 450 g/mol. The highest BCUT2D eigenvalue weighted by molar-refractivity contribution is 6.18. The van der Waals surface area contributed by atoms with Gasteiger partial charge in [0.05, 0.1) is 24.1 Å². The quantitative estimate of drug-likeness (QED) is 0.367.